The van der Waals surface area contributed by atoms with Crippen LogP contribution in [0.4, 0.5) is 0 Å². The third-order valence-corrected chi connectivity index (χ3v) is 2.99. The van der Waals surface area contributed by atoms with Gasteiger partial charge >= 0.3 is 5.97 Å². The normalized spacial score (nSPS) is 10.9. The van der Waals surface area contributed by atoms with Crippen molar-refractivity contribution in [2.75, 3.05) is 6.61 Å². The van der Waals surface area contributed by atoms with Gasteiger partial charge in [-0.2, -0.15) is 5.10 Å². The van der Waals surface area contributed by atoms with Crippen molar-refractivity contribution in [1.29, 1.82) is 0 Å². The Bertz CT molecular complexity index is 773. The Labute approximate surface area is 115 Å². The highest BCUT2D eigenvalue weighted by Crippen LogP contribution is 2.30. The number of aryl methyl sites for hydroxylation is 1. The van der Waals surface area contributed by atoms with Gasteiger partial charge in [0.05, 0.1) is 12.1 Å². The van der Waals surface area contributed by atoms with Crippen molar-refractivity contribution in [2.24, 2.45) is 7.05 Å². The molecule has 3 aromatic rings. The molecule has 0 radical (unpaired) electrons. The summed E-state index contributed by atoms with van der Waals surface area (Å²) in [4.78, 5) is 15.9. The summed E-state index contributed by atoms with van der Waals surface area (Å²) in [6.07, 6.45) is 1.24. The number of benzene rings is 1. The van der Waals surface area contributed by atoms with E-state index in [1.807, 2.05) is 24.3 Å². The molecule has 0 atom stereocenters. The average molecular weight is 271 g/mol. The molecule has 0 aliphatic heterocycles. The lowest BCUT2D eigenvalue weighted by Gasteiger charge is -2.02. The molecule has 0 saturated heterocycles. The van der Waals surface area contributed by atoms with Crippen molar-refractivity contribution in [2.45, 2.75) is 6.92 Å². The summed E-state index contributed by atoms with van der Waals surface area (Å²) in [5.74, 6) is -0.124. The summed E-state index contributed by atoms with van der Waals surface area (Å²) in [5, 5.41) is 5.29. The predicted octanol–water partition coefficient (Wildman–Crippen LogP) is 2.41. The van der Waals surface area contributed by atoms with Crippen molar-refractivity contribution >= 4 is 16.9 Å². The van der Waals surface area contributed by atoms with Crippen LogP contribution in [0.1, 0.15) is 17.4 Å². The van der Waals surface area contributed by atoms with E-state index < -0.39 is 5.97 Å². The molecular weight excluding hydrogens is 258 g/mol. The van der Waals surface area contributed by atoms with E-state index in [-0.39, 0.29) is 12.3 Å². The minimum atomic E-state index is -0.499. The molecule has 0 aliphatic carbocycles. The van der Waals surface area contributed by atoms with Gasteiger partial charge in [-0.1, -0.05) is 18.2 Å². The lowest BCUT2D eigenvalue weighted by atomic mass is 10.1. The molecule has 0 N–H and O–H groups in total. The summed E-state index contributed by atoms with van der Waals surface area (Å²) >= 11 is 0. The van der Waals surface area contributed by atoms with E-state index in [0.29, 0.717) is 11.5 Å². The number of ether oxygens (including phenoxy) is 1. The SMILES string of the molecule is CCOC(=O)c1ncoc1-c1c2ccccc2nn1C. The summed E-state index contributed by atoms with van der Waals surface area (Å²) in [6.45, 7) is 2.04. The predicted molar refractivity (Wildman–Crippen MR) is 72.2 cm³/mol. The summed E-state index contributed by atoms with van der Waals surface area (Å²) in [7, 11) is 1.80. The number of esters is 1. The van der Waals surface area contributed by atoms with E-state index in [0.717, 1.165) is 10.9 Å². The molecule has 6 nitrogen and oxygen atoms in total. The van der Waals surface area contributed by atoms with Crippen LogP contribution in [0, 0.1) is 0 Å². The van der Waals surface area contributed by atoms with Gasteiger partial charge in [0.1, 0.15) is 5.69 Å². The van der Waals surface area contributed by atoms with Gasteiger partial charge < -0.3 is 9.15 Å². The summed E-state index contributed by atoms with van der Waals surface area (Å²) in [5.41, 5.74) is 1.71. The average Bonchev–Trinajstić information content (AvgIpc) is 3.01. The number of hydrogen-bond donors (Lipinski definition) is 0. The van der Waals surface area contributed by atoms with Crippen molar-refractivity contribution < 1.29 is 13.9 Å². The van der Waals surface area contributed by atoms with Gasteiger partial charge in [0.15, 0.2) is 17.8 Å². The molecule has 1 aromatic carbocycles. The minimum Gasteiger partial charge on any atom is -0.461 e. The van der Waals surface area contributed by atoms with Gasteiger partial charge in [0.2, 0.25) is 0 Å². The second-order valence-corrected chi connectivity index (χ2v) is 4.24. The summed E-state index contributed by atoms with van der Waals surface area (Å²) < 4.78 is 12.1. The van der Waals surface area contributed by atoms with Crippen LogP contribution in [0.5, 0.6) is 0 Å². The molecule has 20 heavy (non-hydrogen) atoms. The van der Waals surface area contributed by atoms with E-state index in [1.165, 1.54) is 6.39 Å². The quantitative estimate of drug-likeness (QED) is 0.684. The van der Waals surface area contributed by atoms with Crippen LogP contribution in [-0.4, -0.2) is 27.3 Å². The lowest BCUT2D eigenvalue weighted by Crippen LogP contribution is -2.07. The minimum absolute atomic E-state index is 0.167. The van der Waals surface area contributed by atoms with Gasteiger partial charge in [-0.25, -0.2) is 9.78 Å². The zero-order chi connectivity index (χ0) is 14.1. The Morgan fingerprint density at radius 3 is 3.00 bits per heavy atom. The first-order valence-electron chi connectivity index (χ1n) is 6.25. The van der Waals surface area contributed by atoms with E-state index in [1.54, 1.807) is 18.7 Å². The molecule has 0 aliphatic rings. The highest BCUT2D eigenvalue weighted by molar-refractivity contribution is 5.99. The van der Waals surface area contributed by atoms with Crippen LogP contribution in [0.3, 0.4) is 0 Å². The number of fused-ring (bicyclic) bond motifs is 1. The van der Waals surface area contributed by atoms with E-state index in [2.05, 4.69) is 10.1 Å². The number of oxazole rings is 1. The van der Waals surface area contributed by atoms with Crippen LogP contribution in [0.25, 0.3) is 22.4 Å². The Balaban J connectivity index is 2.19. The van der Waals surface area contributed by atoms with Crippen molar-refractivity contribution in [3.05, 3.63) is 36.4 Å². The molecule has 3 rings (SSSR count). The van der Waals surface area contributed by atoms with Crippen molar-refractivity contribution in [3.63, 3.8) is 0 Å². The highest BCUT2D eigenvalue weighted by Gasteiger charge is 2.23. The Morgan fingerprint density at radius 2 is 2.20 bits per heavy atom. The van der Waals surface area contributed by atoms with Crippen molar-refractivity contribution in [1.82, 2.24) is 14.8 Å². The second kappa shape index (κ2) is 4.80. The maximum absolute atomic E-state index is 11.9. The van der Waals surface area contributed by atoms with Crippen LogP contribution < -0.4 is 0 Å². The zero-order valence-electron chi connectivity index (χ0n) is 11.2. The fourth-order valence-corrected chi connectivity index (χ4v) is 2.18. The van der Waals surface area contributed by atoms with Gasteiger partial charge in [0, 0.05) is 12.4 Å². The van der Waals surface area contributed by atoms with Crippen LogP contribution in [0.2, 0.25) is 0 Å². The molecule has 0 amide bonds. The van der Waals surface area contributed by atoms with Crippen molar-refractivity contribution in [3.8, 4) is 11.5 Å². The topological polar surface area (TPSA) is 70.2 Å². The number of nitrogens with zero attached hydrogens (tertiary/aromatic N) is 3. The first-order chi connectivity index (χ1) is 9.72. The third-order valence-electron chi connectivity index (χ3n) is 2.99. The number of rotatable bonds is 3. The monoisotopic (exact) mass is 271 g/mol. The molecule has 0 saturated carbocycles. The summed E-state index contributed by atoms with van der Waals surface area (Å²) in [6, 6.07) is 7.65. The molecule has 2 heterocycles. The molecule has 6 heteroatoms. The van der Waals surface area contributed by atoms with Gasteiger partial charge in [-0.3, -0.25) is 4.68 Å². The maximum atomic E-state index is 11.9. The number of carbonyl (C=O) groups excluding carboxylic acids is 1. The Kier molecular flexibility index (Phi) is 2.98. The lowest BCUT2D eigenvalue weighted by molar-refractivity contribution is 0.0520. The zero-order valence-corrected chi connectivity index (χ0v) is 11.2. The molecule has 0 fully saturated rings. The fraction of sp³-hybridized carbons (Fsp3) is 0.214. The van der Waals surface area contributed by atoms with E-state index in [4.69, 9.17) is 9.15 Å². The first kappa shape index (κ1) is 12.4. The Morgan fingerprint density at radius 1 is 1.40 bits per heavy atom. The molecule has 0 spiro atoms. The second-order valence-electron chi connectivity index (χ2n) is 4.24. The van der Waals surface area contributed by atoms with E-state index >= 15 is 0 Å². The number of aromatic nitrogens is 3. The highest BCUT2D eigenvalue weighted by atomic mass is 16.5. The van der Waals surface area contributed by atoms with Gasteiger partial charge in [0.25, 0.3) is 0 Å². The molecule has 102 valence electrons. The first-order valence-corrected chi connectivity index (χ1v) is 6.25. The largest absolute Gasteiger partial charge is 0.461 e. The van der Waals surface area contributed by atoms with Crippen LogP contribution >= 0.6 is 0 Å². The third kappa shape index (κ3) is 1.85. The van der Waals surface area contributed by atoms with Crippen LogP contribution in [-0.2, 0) is 11.8 Å². The smallest absolute Gasteiger partial charge is 0.361 e. The Hall–Kier alpha value is -2.63. The number of carbonyl (C=O) groups is 1. The maximum Gasteiger partial charge on any atom is 0.361 e. The molecular formula is C14H13N3O3. The van der Waals surface area contributed by atoms with Crippen LogP contribution in [0.15, 0.2) is 35.1 Å². The fourth-order valence-electron chi connectivity index (χ4n) is 2.18. The van der Waals surface area contributed by atoms with Gasteiger partial charge in [-0.15, -0.1) is 0 Å². The molecule has 0 bridgehead atoms. The molecule has 0 unspecified atom stereocenters. The standard InChI is InChI=1S/C14H13N3O3/c1-3-19-14(18)11-13(20-8-15-11)12-9-6-4-5-7-10(9)16-17(12)2/h4-8H,3H2,1-2H3. The van der Waals surface area contributed by atoms with Gasteiger partial charge in [-0.05, 0) is 13.0 Å². The molecule has 2 aromatic heterocycles. The van der Waals surface area contributed by atoms with E-state index in [9.17, 15) is 4.79 Å². The number of hydrogen-bond acceptors (Lipinski definition) is 5.